The molecule has 1 amide bonds. The van der Waals surface area contributed by atoms with Crippen molar-refractivity contribution in [3.63, 3.8) is 0 Å². The summed E-state index contributed by atoms with van der Waals surface area (Å²) in [4.78, 5) is 12.7. The Labute approximate surface area is 60.6 Å². The van der Waals surface area contributed by atoms with Crippen molar-refractivity contribution in [1.82, 2.24) is 4.90 Å². The van der Waals surface area contributed by atoms with Gasteiger partial charge in [0.25, 0.3) is 0 Å². The Hall–Kier alpha value is -0.570. The molecule has 0 saturated carbocycles. The van der Waals surface area contributed by atoms with Crippen molar-refractivity contribution in [2.45, 2.75) is 19.3 Å². The maximum atomic E-state index is 11.0. The minimum Gasteiger partial charge on any atom is -0.343 e. The van der Waals surface area contributed by atoms with Crippen LogP contribution in [-0.2, 0) is 9.90 Å². The molecule has 57 valence electrons. The first-order valence-electron chi connectivity index (χ1n) is 3.70. The molecule has 10 heavy (non-hydrogen) atoms. The van der Waals surface area contributed by atoms with Gasteiger partial charge in [0.05, 0.1) is 13.0 Å². The quantitative estimate of drug-likeness (QED) is 0.551. The summed E-state index contributed by atoms with van der Waals surface area (Å²) < 4.78 is 0. The van der Waals surface area contributed by atoms with E-state index >= 15 is 0 Å². The zero-order valence-corrected chi connectivity index (χ0v) is 6.01. The average molecular weight is 142 g/mol. The van der Waals surface area contributed by atoms with E-state index in [9.17, 15) is 9.90 Å². The van der Waals surface area contributed by atoms with Crippen LogP contribution < -0.4 is 0 Å². The van der Waals surface area contributed by atoms with Gasteiger partial charge in [-0.3, -0.25) is 4.79 Å². The molecule has 1 heterocycles. The molecule has 3 heteroatoms. The van der Waals surface area contributed by atoms with Gasteiger partial charge in [-0.15, -0.1) is 0 Å². The molecule has 1 rings (SSSR count). The second kappa shape index (κ2) is 3.56. The lowest BCUT2D eigenvalue weighted by molar-refractivity contribution is -0.131. The van der Waals surface area contributed by atoms with Crippen LogP contribution in [0.1, 0.15) is 19.3 Å². The average Bonchev–Trinajstić information content (AvgIpc) is 2.38. The predicted molar refractivity (Wildman–Crippen MR) is 36.0 cm³/mol. The third-order valence-electron chi connectivity index (χ3n) is 1.77. The van der Waals surface area contributed by atoms with E-state index in [1.54, 1.807) is 4.90 Å². The summed E-state index contributed by atoms with van der Waals surface area (Å²) in [6.45, 7) is 1.45. The number of likely N-dealkylation sites (tertiary alicyclic amines) is 1. The SMILES string of the molecule is [O]CCC(=O)N1CCCC1. The maximum Gasteiger partial charge on any atom is 0.225 e. The second-order valence-corrected chi connectivity index (χ2v) is 2.54. The smallest absolute Gasteiger partial charge is 0.225 e. The summed E-state index contributed by atoms with van der Waals surface area (Å²) in [5.41, 5.74) is 0. The summed E-state index contributed by atoms with van der Waals surface area (Å²) in [6.07, 6.45) is 2.38. The summed E-state index contributed by atoms with van der Waals surface area (Å²) in [5.74, 6) is 0.0347. The van der Waals surface area contributed by atoms with Crippen LogP contribution in [0, 0.1) is 0 Å². The van der Waals surface area contributed by atoms with E-state index in [4.69, 9.17) is 0 Å². The van der Waals surface area contributed by atoms with Crippen LogP contribution in [0.4, 0.5) is 0 Å². The number of carbonyl (C=O) groups is 1. The van der Waals surface area contributed by atoms with Crippen LogP contribution in [0.2, 0.25) is 0 Å². The maximum absolute atomic E-state index is 11.0. The van der Waals surface area contributed by atoms with Crippen LogP contribution in [0.3, 0.4) is 0 Å². The largest absolute Gasteiger partial charge is 0.343 e. The highest BCUT2D eigenvalue weighted by atomic mass is 16.3. The number of rotatable bonds is 2. The van der Waals surface area contributed by atoms with Gasteiger partial charge < -0.3 is 4.90 Å². The monoisotopic (exact) mass is 142 g/mol. The third-order valence-corrected chi connectivity index (χ3v) is 1.77. The Bertz CT molecular complexity index is 119. The number of amides is 1. The fourth-order valence-corrected chi connectivity index (χ4v) is 1.21. The highest BCUT2D eigenvalue weighted by molar-refractivity contribution is 5.76. The summed E-state index contributed by atoms with van der Waals surface area (Å²) in [6, 6.07) is 0. The van der Waals surface area contributed by atoms with E-state index in [0.29, 0.717) is 0 Å². The van der Waals surface area contributed by atoms with Gasteiger partial charge in [-0.2, -0.15) is 0 Å². The predicted octanol–water partition coefficient (Wildman–Crippen LogP) is 0.429. The van der Waals surface area contributed by atoms with Crippen molar-refractivity contribution in [3.05, 3.63) is 0 Å². The molecule has 0 spiro atoms. The molecule has 0 bridgehead atoms. The van der Waals surface area contributed by atoms with Gasteiger partial charge in [0, 0.05) is 13.1 Å². The lowest BCUT2D eigenvalue weighted by Gasteiger charge is -2.13. The van der Waals surface area contributed by atoms with Crippen molar-refractivity contribution in [2.75, 3.05) is 19.7 Å². The van der Waals surface area contributed by atoms with Gasteiger partial charge in [0.1, 0.15) is 0 Å². The third kappa shape index (κ3) is 1.70. The summed E-state index contributed by atoms with van der Waals surface area (Å²) in [7, 11) is 0. The molecule has 0 aromatic heterocycles. The normalized spacial score (nSPS) is 17.9. The topological polar surface area (TPSA) is 40.2 Å². The van der Waals surface area contributed by atoms with Gasteiger partial charge in [-0.25, -0.2) is 5.11 Å². The lowest BCUT2D eigenvalue weighted by Crippen LogP contribution is -2.27. The molecule has 1 fully saturated rings. The van der Waals surface area contributed by atoms with Gasteiger partial charge in [-0.1, -0.05) is 0 Å². The molecule has 1 radical (unpaired) electrons. The zero-order chi connectivity index (χ0) is 7.40. The molecular formula is C7H12NO2. The molecule has 1 aliphatic rings. The summed E-state index contributed by atoms with van der Waals surface area (Å²) in [5, 5.41) is 10.0. The van der Waals surface area contributed by atoms with E-state index < -0.39 is 0 Å². The van der Waals surface area contributed by atoms with Crippen LogP contribution >= 0.6 is 0 Å². The molecule has 1 aliphatic heterocycles. The Morgan fingerprint density at radius 2 is 1.90 bits per heavy atom. The van der Waals surface area contributed by atoms with Crippen LogP contribution in [-0.4, -0.2) is 30.5 Å². The van der Waals surface area contributed by atoms with Crippen molar-refractivity contribution in [1.29, 1.82) is 0 Å². The van der Waals surface area contributed by atoms with Gasteiger partial charge in [0.15, 0.2) is 0 Å². The number of nitrogens with zero attached hydrogens (tertiary/aromatic N) is 1. The Kier molecular flexibility index (Phi) is 2.68. The van der Waals surface area contributed by atoms with Crippen molar-refractivity contribution in [2.24, 2.45) is 0 Å². The minimum atomic E-state index is -0.269. The standard InChI is InChI=1S/C7H12NO2/c9-6-3-7(10)8-4-1-2-5-8/h1-6H2. The van der Waals surface area contributed by atoms with Crippen molar-refractivity contribution in [3.8, 4) is 0 Å². The van der Waals surface area contributed by atoms with Gasteiger partial charge in [-0.05, 0) is 12.8 Å². The Morgan fingerprint density at radius 3 is 2.40 bits per heavy atom. The first-order valence-corrected chi connectivity index (χ1v) is 3.70. The highest BCUT2D eigenvalue weighted by Gasteiger charge is 2.16. The van der Waals surface area contributed by atoms with Crippen molar-refractivity contribution < 1.29 is 9.90 Å². The second-order valence-electron chi connectivity index (χ2n) is 2.54. The first kappa shape index (κ1) is 7.54. The fraction of sp³-hybridized carbons (Fsp3) is 0.857. The van der Waals surface area contributed by atoms with E-state index in [0.717, 1.165) is 25.9 Å². The highest BCUT2D eigenvalue weighted by Crippen LogP contribution is 2.08. The van der Waals surface area contributed by atoms with Crippen LogP contribution in [0.15, 0.2) is 0 Å². The Balaban J connectivity index is 2.25. The van der Waals surface area contributed by atoms with E-state index in [-0.39, 0.29) is 18.9 Å². The number of hydrogen-bond acceptors (Lipinski definition) is 1. The van der Waals surface area contributed by atoms with Crippen molar-refractivity contribution >= 4 is 5.91 Å². The molecule has 0 N–H and O–H groups in total. The van der Waals surface area contributed by atoms with Gasteiger partial charge in [0.2, 0.25) is 5.91 Å². The molecule has 0 aromatic carbocycles. The molecule has 3 nitrogen and oxygen atoms in total. The minimum absolute atomic E-state index is 0.0347. The molecular weight excluding hydrogens is 130 g/mol. The van der Waals surface area contributed by atoms with Gasteiger partial charge >= 0.3 is 0 Å². The Morgan fingerprint density at radius 1 is 1.30 bits per heavy atom. The lowest BCUT2D eigenvalue weighted by atomic mass is 10.4. The van der Waals surface area contributed by atoms with Crippen LogP contribution in [0.5, 0.6) is 0 Å². The summed E-state index contributed by atoms with van der Waals surface area (Å²) >= 11 is 0. The molecule has 1 saturated heterocycles. The first-order chi connectivity index (χ1) is 4.84. The number of hydrogen-bond donors (Lipinski definition) is 0. The van der Waals surface area contributed by atoms with E-state index in [1.807, 2.05) is 0 Å². The van der Waals surface area contributed by atoms with E-state index in [2.05, 4.69) is 0 Å². The number of carbonyl (C=O) groups excluding carboxylic acids is 1. The molecule has 0 unspecified atom stereocenters. The van der Waals surface area contributed by atoms with E-state index in [1.165, 1.54) is 0 Å². The fourth-order valence-electron chi connectivity index (χ4n) is 1.21. The zero-order valence-electron chi connectivity index (χ0n) is 6.01. The molecule has 0 aromatic rings. The van der Waals surface area contributed by atoms with Crippen LogP contribution in [0.25, 0.3) is 0 Å². The molecule has 0 aliphatic carbocycles. The molecule has 0 atom stereocenters.